The molecule has 9 heteroatoms. The van der Waals surface area contributed by atoms with E-state index in [1.807, 2.05) is 0 Å². The third-order valence-electron chi connectivity index (χ3n) is 18.3. The van der Waals surface area contributed by atoms with Crippen molar-refractivity contribution >= 4 is 23.4 Å². The van der Waals surface area contributed by atoms with Crippen molar-refractivity contribution in [3.8, 4) is 0 Å². The zero-order chi connectivity index (χ0) is 42.0. The fourth-order valence-corrected chi connectivity index (χ4v) is 17.2. The molecule has 9 saturated carbocycles. The highest BCUT2D eigenvalue weighted by Gasteiger charge is 2.71. The second kappa shape index (κ2) is 15.9. The van der Waals surface area contributed by atoms with Crippen molar-refractivity contribution in [3.05, 3.63) is 71.8 Å². The molecule has 1 aromatic carbocycles. The first-order valence-corrected chi connectivity index (χ1v) is 24.3. The molecule has 10 fully saturated rings. The van der Waals surface area contributed by atoms with E-state index in [1.165, 1.54) is 11.1 Å². The van der Waals surface area contributed by atoms with Crippen LogP contribution in [0.1, 0.15) is 134 Å². The highest BCUT2D eigenvalue weighted by atomic mass is 35.5. The third-order valence-corrected chi connectivity index (χ3v) is 18.5. The Hall–Kier alpha value is -2.52. The van der Waals surface area contributed by atoms with Crippen LogP contribution in [-0.2, 0) is 15.0 Å². The van der Waals surface area contributed by atoms with Crippen molar-refractivity contribution < 1.29 is 19.1 Å². The smallest absolute Gasteiger partial charge is 0.226 e. The van der Waals surface area contributed by atoms with Gasteiger partial charge in [-0.15, -0.1) is 11.6 Å². The van der Waals surface area contributed by atoms with Crippen molar-refractivity contribution in [1.29, 1.82) is 0 Å². The van der Waals surface area contributed by atoms with E-state index in [9.17, 15) is 14.3 Å². The Labute approximate surface area is 363 Å². The van der Waals surface area contributed by atoms with E-state index in [-0.39, 0.29) is 57.6 Å². The van der Waals surface area contributed by atoms with E-state index in [4.69, 9.17) is 23.9 Å². The van der Waals surface area contributed by atoms with E-state index >= 15 is 4.79 Å². The van der Waals surface area contributed by atoms with Gasteiger partial charge in [-0.3, -0.25) is 14.0 Å². The number of β-amino-alcohol motifs (C(OH)–C–C–N with tert-alkyl or cyclic N) is 1. The fraction of sp³-hybridized carbons (Fsp3) is 0.725. The Kier molecular flexibility index (Phi) is 11.4. The predicted molar refractivity (Wildman–Crippen MR) is 238 cm³/mol. The number of carbonyl (C=O) groups is 2. The van der Waals surface area contributed by atoms with Crippen molar-refractivity contribution in [2.45, 2.75) is 153 Å². The Balaban J connectivity index is 1.04. The van der Waals surface area contributed by atoms with E-state index in [0.717, 1.165) is 128 Å². The van der Waals surface area contributed by atoms with Crippen LogP contribution in [0, 0.1) is 44.3 Å². The topological polar surface area (TPSA) is 116 Å². The molecule has 0 spiro atoms. The van der Waals surface area contributed by atoms with E-state index in [2.05, 4.69) is 71.4 Å². The summed E-state index contributed by atoms with van der Waals surface area (Å²) in [4.78, 5) is 29.7. The molecule has 8 bridgehead atoms. The number of nitrogens with one attached hydrogen (secondary N) is 3. The molecule has 1 aliphatic heterocycles. The number of rotatable bonds is 14. The van der Waals surface area contributed by atoms with Gasteiger partial charge in [0.2, 0.25) is 11.8 Å². The van der Waals surface area contributed by atoms with Crippen molar-refractivity contribution in [2.75, 3.05) is 32.2 Å². The molecule has 328 valence electrons. The summed E-state index contributed by atoms with van der Waals surface area (Å²) in [6.07, 6.45) is 23.3. The maximum atomic E-state index is 15.1. The van der Waals surface area contributed by atoms with Crippen LogP contribution in [0.25, 0.3) is 0 Å². The number of aliphatic hydroxyl groups excluding tert-OH is 1. The Morgan fingerprint density at radius 1 is 0.850 bits per heavy atom. The summed E-state index contributed by atoms with van der Waals surface area (Å²) < 4.78 is 14.9. The van der Waals surface area contributed by atoms with Crippen molar-refractivity contribution in [2.24, 2.45) is 50.1 Å². The van der Waals surface area contributed by atoms with E-state index < -0.39 is 16.9 Å². The predicted octanol–water partition coefficient (Wildman–Crippen LogP) is 8.74. The Morgan fingerprint density at radius 2 is 1.53 bits per heavy atom. The molecule has 10 atom stereocenters. The number of aliphatic hydroxyl groups is 1. The summed E-state index contributed by atoms with van der Waals surface area (Å²) in [7, 11) is 0. The van der Waals surface area contributed by atoms with Gasteiger partial charge >= 0.3 is 0 Å². The number of amides is 2. The van der Waals surface area contributed by atoms with Gasteiger partial charge in [-0.1, -0.05) is 55.1 Å². The summed E-state index contributed by atoms with van der Waals surface area (Å²) in [5.41, 5.74) is 7.59. The third kappa shape index (κ3) is 7.27. The molecule has 4 unspecified atom stereocenters. The summed E-state index contributed by atoms with van der Waals surface area (Å²) in [6.45, 7) is 8.65. The molecule has 2 amide bonds. The molecule has 11 rings (SSSR count). The quantitative estimate of drug-likeness (QED) is 0.0950. The van der Waals surface area contributed by atoms with Crippen LogP contribution in [-0.4, -0.2) is 67.3 Å². The van der Waals surface area contributed by atoms with Crippen LogP contribution in [0.4, 0.5) is 4.39 Å². The van der Waals surface area contributed by atoms with Gasteiger partial charge in [0.15, 0.2) is 0 Å². The molecular weight excluding hydrogens is 771 g/mol. The summed E-state index contributed by atoms with van der Waals surface area (Å²) in [6, 6.07) is 10.8. The van der Waals surface area contributed by atoms with Gasteiger partial charge in [-0.2, -0.15) is 0 Å². The summed E-state index contributed by atoms with van der Waals surface area (Å²) in [5.74, 6) is 1.84. The number of hydrogen-bond donors (Lipinski definition) is 5. The fourth-order valence-electron chi connectivity index (χ4n) is 16.8. The van der Waals surface area contributed by atoms with Gasteiger partial charge in [0.1, 0.15) is 0 Å². The molecule has 0 aromatic heterocycles. The van der Waals surface area contributed by atoms with Gasteiger partial charge in [-0.05, 0) is 198 Å². The average molecular weight is 844 g/mol. The summed E-state index contributed by atoms with van der Waals surface area (Å²) >= 11 is 6.58. The number of hydrogen-bond acceptors (Lipinski definition) is 5. The van der Waals surface area contributed by atoms with Crippen molar-refractivity contribution in [3.63, 3.8) is 0 Å². The van der Waals surface area contributed by atoms with Gasteiger partial charge in [-0.25, -0.2) is 0 Å². The molecule has 10 aliphatic rings. The van der Waals surface area contributed by atoms with E-state index in [1.54, 1.807) is 0 Å². The van der Waals surface area contributed by atoms with Crippen LogP contribution in [0.2, 0.25) is 0 Å². The Bertz CT molecular complexity index is 1880. The second-order valence-electron chi connectivity index (χ2n) is 22.4. The number of alkyl halides is 2. The first-order chi connectivity index (χ1) is 28.8. The molecule has 60 heavy (non-hydrogen) atoms. The first-order valence-electron chi connectivity index (χ1n) is 23.7. The van der Waals surface area contributed by atoms with Gasteiger partial charge in [0.25, 0.3) is 0 Å². The molecular formula is C51H72ClFN4O3. The normalized spacial score (nSPS) is 44.3. The second-order valence-corrected chi connectivity index (χ2v) is 22.8. The number of allylic oxidation sites excluding steroid dienone is 5. The maximum absolute atomic E-state index is 15.1. The van der Waals surface area contributed by atoms with E-state index in [0.29, 0.717) is 37.2 Å². The number of piperidine rings is 1. The minimum Gasteiger partial charge on any atom is -0.390 e. The molecule has 1 heterocycles. The minimum absolute atomic E-state index is 0.00447. The lowest BCUT2D eigenvalue weighted by molar-refractivity contribution is -0.179. The minimum atomic E-state index is -0.587. The standard InChI is InChI=1S/C51H72ClFN4O3/c1-3-38(12-9-35(2)47-22-37-21-45(26-47,16-18-52)27-48(23-37,31-47)43(59)57-41-15-20-55-25-42(41)58)49-28-46(17-19-53)29-50(32-49,39-7-5-4-6-8-39)34-51(30-46,33-49)44(60)56-40-13-10-36(24-54)11-14-40/h3-9,12,36-37,40-42,55,58H,2,10-11,13-34,54H2,1H3,(H,56,60)(H,57,59)/b12-9-,38-3+/t36-,37?,40+,41-,42-,45-,46-,47-,48?,49?,50+,51?/m1/s1. The lowest BCUT2D eigenvalue weighted by Gasteiger charge is -2.71. The average Bonchev–Trinajstić information content (AvgIpc) is 3.21. The molecule has 6 N–H and O–H groups in total. The lowest BCUT2D eigenvalue weighted by Crippen LogP contribution is -2.67. The number of nitrogens with two attached hydrogens (primary N) is 1. The van der Waals surface area contributed by atoms with Crippen LogP contribution < -0.4 is 21.7 Å². The van der Waals surface area contributed by atoms with Crippen LogP contribution in [0.5, 0.6) is 0 Å². The monoisotopic (exact) mass is 843 g/mol. The van der Waals surface area contributed by atoms with Gasteiger partial charge in [0.05, 0.1) is 29.7 Å². The van der Waals surface area contributed by atoms with Crippen molar-refractivity contribution in [1.82, 2.24) is 16.0 Å². The summed E-state index contributed by atoms with van der Waals surface area (Å²) in [5, 5.41) is 21.0. The highest BCUT2D eigenvalue weighted by molar-refractivity contribution is 6.17. The number of benzene rings is 1. The highest BCUT2D eigenvalue weighted by Crippen LogP contribution is 2.77. The van der Waals surface area contributed by atoms with Crippen LogP contribution in [0.3, 0.4) is 0 Å². The first kappa shape index (κ1) is 42.8. The largest absolute Gasteiger partial charge is 0.390 e. The zero-order valence-corrected chi connectivity index (χ0v) is 37.0. The molecule has 1 saturated heterocycles. The maximum Gasteiger partial charge on any atom is 0.226 e. The number of halogens is 2. The van der Waals surface area contributed by atoms with Gasteiger partial charge < -0.3 is 26.8 Å². The molecule has 1 aromatic rings. The molecule has 7 nitrogen and oxygen atoms in total. The van der Waals surface area contributed by atoms with Gasteiger partial charge in [0, 0.05) is 18.5 Å². The SMILES string of the molecule is C=C(/C=C\C(=C/C)C12CC3(C(=O)N[C@H]4CC[C@@H](CN)CC4)C[C@](CCF)(C1)C[C@@](c1ccccc1)(C3)C2)[C@]12CC3CC(C(=O)N[C@@H]4CCNC[C@H]4O)(C[C@](CCCl)(C3)C1)C2. The van der Waals surface area contributed by atoms with Crippen LogP contribution in [0.15, 0.2) is 66.3 Å². The lowest BCUT2D eigenvalue weighted by atomic mass is 9.33. The Morgan fingerprint density at radius 3 is 2.25 bits per heavy atom. The zero-order valence-electron chi connectivity index (χ0n) is 36.3. The molecule has 9 aliphatic carbocycles. The molecule has 0 radical (unpaired) electrons. The number of carbonyl (C=O) groups excluding carboxylic acids is 2. The van der Waals surface area contributed by atoms with Crippen LogP contribution >= 0.6 is 11.6 Å².